The lowest BCUT2D eigenvalue weighted by molar-refractivity contribution is -0.134. The number of ether oxygens (including phenoxy) is 1. The zero-order chi connectivity index (χ0) is 15.0. The highest BCUT2D eigenvalue weighted by atomic mass is 16.5. The number of carbonyl (C=O) groups is 1. The van der Waals surface area contributed by atoms with Crippen molar-refractivity contribution in [2.45, 2.75) is 19.3 Å². The minimum Gasteiger partial charge on any atom is -0.466 e. The molecule has 2 heteroatoms. The Morgan fingerprint density at radius 1 is 1.05 bits per heavy atom. The van der Waals surface area contributed by atoms with Crippen LogP contribution in [0.1, 0.15) is 30.5 Å². The second kappa shape index (κ2) is 4.88. The van der Waals surface area contributed by atoms with Crippen LogP contribution in [-0.4, -0.2) is 13.1 Å². The fourth-order valence-corrected chi connectivity index (χ4v) is 3.06. The van der Waals surface area contributed by atoms with Gasteiger partial charge in [0.25, 0.3) is 0 Å². The quantitative estimate of drug-likeness (QED) is 0.608. The van der Waals surface area contributed by atoms with E-state index in [1.54, 1.807) is 6.08 Å². The Balaban J connectivity index is 2.08. The van der Waals surface area contributed by atoms with Gasteiger partial charge in [-0.25, -0.2) is 4.79 Å². The lowest BCUT2D eigenvalue weighted by atomic mass is 9.82. The van der Waals surface area contributed by atoms with Crippen LogP contribution < -0.4 is 0 Å². The van der Waals surface area contributed by atoms with Gasteiger partial charge in [0.1, 0.15) is 0 Å². The largest absolute Gasteiger partial charge is 0.466 e. The van der Waals surface area contributed by atoms with Gasteiger partial charge in [0.05, 0.1) is 7.11 Å². The smallest absolute Gasteiger partial charge is 0.330 e. The van der Waals surface area contributed by atoms with Crippen molar-refractivity contribution in [2.24, 2.45) is 0 Å². The second-order valence-corrected chi connectivity index (χ2v) is 5.83. The van der Waals surface area contributed by atoms with Crippen LogP contribution >= 0.6 is 0 Å². The molecule has 0 radical (unpaired) electrons. The van der Waals surface area contributed by atoms with Crippen LogP contribution in [0.25, 0.3) is 17.2 Å². The Morgan fingerprint density at radius 2 is 1.76 bits per heavy atom. The number of rotatable bonds is 2. The van der Waals surface area contributed by atoms with Gasteiger partial charge < -0.3 is 4.74 Å². The van der Waals surface area contributed by atoms with Crippen LogP contribution in [0.15, 0.2) is 48.5 Å². The summed E-state index contributed by atoms with van der Waals surface area (Å²) >= 11 is 0. The van der Waals surface area contributed by atoms with Crippen LogP contribution in [-0.2, 0) is 14.9 Å². The molecule has 0 aliphatic heterocycles. The van der Waals surface area contributed by atoms with E-state index < -0.39 is 0 Å². The molecule has 3 rings (SSSR count). The number of benzene rings is 2. The maximum absolute atomic E-state index is 11.2. The third-order valence-corrected chi connectivity index (χ3v) is 4.22. The summed E-state index contributed by atoms with van der Waals surface area (Å²) in [5.74, 6) is -0.335. The molecule has 1 aliphatic rings. The van der Waals surface area contributed by atoms with Crippen molar-refractivity contribution < 1.29 is 9.53 Å². The highest BCUT2D eigenvalue weighted by Gasteiger charge is 2.34. The van der Waals surface area contributed by atoms with Crippen molar-refractivity contribution in [1.29, 1.82) is 0 Å². The molecule has 0 heterocycles. The number of carbonyl (C=O) groups excluding carboxylic acids is 1. The van der Waals surface area contributed by atoms with E-state index in [9.17, 15) is 4.79 Å². The molecule has 0 spiro atoms. The van der Waals surface area contributed by atoms with E-state index >= 15 is 0 Å². The summed E-state index contributed by atoms with van der Waals surface area (Å²) in [5, 5.41) is 0. The number of methoxy groups -OCH3 is 1. The maximum Gasteiger partial charge on any atom is 0.330 e. The van der Waals surface area contributed by atoms with Gasteiger partial charge >= 0.3 is 5.97 Å². The molecule has 106 valence electrons. The molecule has 2 nitrogen and oxygen atoms in total. The zero-order valence-electron chi connectivity index (χ0n) is 12.5. The summed E-state index contributed by atoms with van der Waals surface area (Å²) in [5.41, 5.74) is 6.25. The highest BCUT2D eigenvalue weighted by molar-refractivity contribution is 5.88. The first kappa shape index (κ1) is 13.6. The molecular formula is C19H18O2. The minimum absolute atomic E-state index is 0.0129. The van der Waals surface area contributed by atoms with E-state index in [0.29, 0.717) is 0 Å². The van der Waals surface area contributed by atoms with E-state index in [4.69, 9.17) is 0 Å². The summed E-state index contributed by atoms with van der Waals surface area (Å²) in [6.45, 7) is 4.48. The molecule has 0 atom stereocenters. The molecule has 0 unspecified atom stereocenters. The van der Waals surface area contributed by atoms with Gasteiger partial charge in [-0.3, -0.25) is 0 Å². The summed E-state index contributed by atoms with van der Waals surface area (Å²) < 4.78 is 4.63. The van der Waals surface area contributed by atoms with Crippen molar-refractivity contribution in [3.8, 4) is 11.1 Å². The zero-order valence-corrected chi connectivity index (χ0v) is 12.5. The van der Waals surface area contributed by atoms with Crippen molar-refractivity contribution in [3.63, 3.8) is 0 Å². The number of fused-ring (bicyclic) bond motifs is 3. The molecule has 0 N–H and O–H groups in total. The van der Waals surface area contributed by atoms with Crippen LogP contribution in [0.4, 0.5) is 0 Å². The standard InChI is InChI=1S/C19H18O2/c1-19(2)16-7-5-4-6-14(16)15-10-8-13(12-17(15)19)9-11-18(20)21-3/h4-12H,1-3H3. The first-order chi connectivity index (χ1) is 10.0. The lowest BCUT2D eigenvalue weighted by Crippen LogP contribution is -2.14. The first-order valence-electron chi connectivity index (χ1n) is 7.04. The van der Waals surface area contributed by atoms with Crippen molar-refractivity contribution in [1.82, 2.24) is 0 Å². The number of hydrogen-bond donors (Lipinski definition) is 0. The van der Waals surface area contributed by atoms with Gasteiger partial charge in [0.15, 0.2) is 0 Å². The average Bonchev–Trinajstić information content (AvgIpc) is 2.73. The number of hydrogen-bond acceptors (Lipinski definition) is 2. The predicted octanol–water partition coefficient (Wildman–Crippen LogP) is 4.18. The lowest BCUT2D eigenvalue weighted by Gasteiger charge is -2.21. The van der Waals surface area contributed by atoms with E-state index in [-0.39, 0.29) is 11.4 Å². The molecular weight excluding hydrogens is 260 g/mol. The minimum atomic E-state index is -0.335. The van der Waals surface area contributed by atoms with E-state index in [1.807, 2.05) is 6.07 Å². The SMILES string of the molecule is COC(=O)C=Cc1ccc2c(c1)C(C)(C)c1ccccc1-2. The summed E-state index contributed by atoms with van der Waals surface area (Å²) in [4.78, 5) is 11.2. The molecule has 0 saturated carbocycles. The Hall–Kier alpha value is -2.35. The van der Waals surface area contributed by atoms with Crippen LogP contribution in [0, 0.1) is 0 Å². The Labute approximate surface area is 125 Å². The second-order valence-electron chi connectivity index (χ2n) is 5.83. The van der Waals surface area contributed by atoms with Crippen LogP contribution in [0.5, 0.6) is 0 Å². The van der Waals surface area contributed by atoms with Crippen molar-refractivity contribution in [2.75, 3.05) is 7.11 Å². The van der Waals surface area contributed by atoms with Gasteiger partial charge in [0.2, 0.25) is 0 Å². The van der Waals surface area contributed by atoms with Crippen molar-refractivity contribution >= 4 is 12.0 Å². The Morgan fingerprint density at radius 3 is 2.52 bits per heavy atom. The monoisotopic (exact) mass is 278 g/mol. The maximum atomic E-state index is 11.2. The van der Waals surface area contributed by atoms with Gasteiger partial charge in [-0.05, 0) is 33.9 Å². The molecule has 0 saturated heterocycles. The summed E-state index contributed by atoms with van der Waals surface area (Å²) in [7, 11) is 1.38. The third kappa shape index (κ3) is 2.17. The van der Waals surface area contributed by atoms with Gasteiger partial charge in [-0.1, -0.05) is 56.3 Å². The highest BCUT2D eigenvalue weighted by Crippen LogP contribution is 2.48. The third-order valence-electron chi connectivity index (χ3n) is 4.22. The first-order valence-corrected chi connectivity index (χ1v) is 7.04. The van der Waals surface area contributed by atoms with Crippen LogP contribution in [0.2, 0.25) is 0 Å². The van der Waals surface area contributed by atoms with E-state index in [1.165, 1.54) is 35.4 Å². The molecule has 1 aliphatic carbocycles. The van der Waals surface area contributed by atoms with Crippen LogP contribution in [0.3, 0.4) is 0 Å². The topological polar surface area (TPSA) is 26.3 Å². The molecule has 2 aromatic carbocycles. The Bertz CT molecular complexity index is 739. The molecule has 0 aromatic heterocycles. The molecule has 0 fully saturated rings. The fraction of sp³-hybridized carbons (Fsp3) is 0.211. The van der Waals surface area contributed by atoms with Gasteiger partial charge in [-0.2, -0.15) is 0 Å². The fourth-order valence-electron chi connectivity index (χ4n) is 3.06. The van der Waals surface area contributed by atoms with Gasteiger partial charge in [-0.15, -0.1) is 0 Å². The van der Waals surface area contributed by atoms with E-state index in [0.717, 1.165) is 5.56 Å². The average molecular weight is 278 g/mol. The summed E-state index contributed by atoms with van der Waals surface area (Å²) in [6.07, 6.45) is 3.25. The summed E-state index contributed by atoms with van der Waals surface area (Å²) in [6, 6.07) is 14.9. The number of esters is 1. The van der Waals surface area contributed by atoms with E-state index in [2.05, 4.69) is 55.0 Å². The van der Waals surface area contributed by atoms with Crippen molar-refractivity contribution in [3.05, 3.63) is 65.2 Å². The Kier molecular flexibility index (Phi) is 3.17. The van der Waals surface area contributed by atoms with Gasteiger partial charge in [0, 0.05) is 11.5 Å². The molecule has 21 heavy (non-hydrogen) atoms. The predicted molar refractivity (Wildman–Crippen MR) is 85.1 cm³/mol. The molecule has 2 aromatic rings. The normalized spacial score (nSPS) is 14.8. The molecule has 0 bridgehead atoms. The molecule has 0 amide bonds.